The first-order valence-electron chi connectivity index (χ1n) is 6.41. The van der Waals surface area contributed by atoms with Gasteiger partial charge in [0.2, 0.25) is 4.96 Å². The molecule has 1 aromatic carbocycles. The fourth-order valence-corrected chi connectivity index (χ4v) is 3.91. The number of rotatable bonds is 2. The topological polar surface area (TPSA) is 47.3 Å². The van der Waals surface area contributed by atoms with Crippen LogP contribution in [0, 0.1) is 0 Å². The number of thiophene rings is 1. The van der Waals surface area contributed by atoms with Gasteiger partial charge in [-0.15, -0.1) is 21.5 Å². The van der Waals surface area contributed by atoms with Crippen LogP contribution in [-0.2, 0) is 0 Å². The summed E-state index contributed by atoms with van der Waals surface area (Å²) >= 11 is 8.84. The van der Waals surface area contributed by atoms with Crippen LogP contribution in [0.4, 0.5) is 0 Å². The van der Waals surface area contributed by atoms with E-state index in [0.717, 1.165) is 10.4 Å². The lowest BCUT2D eigenvalue weighted by molar-refractivity contribution is 1.09. The molecule has 4 aromatic rings. The molecule has 0 saturated heterocycles. The summed E-state index contributed by atoms with van der Waals surface area (Å²) in [6.07, 6.45) is 1.89. The number of benzene rings is 1. The van der Waals surface area contributed by atoms with E-state index < -0.39 is 0 Å². The number of hydrogen-bond donors (Lipinski definition) is 0. The Morgan fingerprint density at radius 1 is 1.14 bits per heavy atom. The maximum atomic E-state index is 12.6. The minimum atomic E-state index is -0.0941. The molecule has 0 aliphatic rings. The van der Waals surface area contributed by atoms with Crippen molar-refractivity contribution in [3.63, 3.8) is 0 Å². The van der Waals surface area contributed by atoms with Gasteiger partial charge in [0.15, 0.2) is 5.82 Å². The molecule has 4 rings (SSSR count). The highest BCUT2D eigenvalue weighted by Crippen LogP contribution is 2.20. The summed E-state index contributed by atoms with van der Waals surface area (Å²) in [5.41, 5.74) is 0.720. The van der Waals surface area contributed by atoms with E-state index in [1.807, 2.05) is 35.7 Å². The molecule has 4 nitrogen and oxygen atoms in total. The van der Waals surface area contributed by atoms with Crippen molar-refractivity contribution in [2.75, 3.05) is 0 Å². The van der Waals surface area contributed by atoms with Crippen molar-refractivity contribution in [2.45, 2.75) is 0 Å². The third-order valence-corrected chi connectivity index (χ3v) is 5.20. The second-order valence-electron chi connectivity index (χ2n) is 4.58. The quantitative estimate of drug-likeness (QED) is 0.561. The van der Waals surface area contributed by atoms with Crippen molar-refractivity contribution in [1.29, 1.82) is 0 Å². The Hall–Kier alpha value is -2.02. The molecule has 22 heavy (non-hydrogen) atoms. The van der Waals surface area contributed by atoms with E-state index in [1.165, 1.54) is 11.3 Å². The third-order valence-electron chi connectivity index (χ3n) is 3.17. The number of thiazole rings is 1. The Kier molecular flexibility index (Phi) is 3.29. The summed E-state index contributed by atoms with van der Waals surface area (Å²) in [7, 11) is 0. The van der Waals surface area contributed by atoms with Gasteiger partial charge in [-0.2, -0.15) is 0 Å². The van der Waals surface area contributed by atoms with Gasteiger partial charge in [-0.05, 0) is 41.8 Å². The van der Waals surface area contributed by atoms with Crippen LogP contribution in [0.5, 0.6) is 0 Å². The highest BCUT2D eigenvalue weighted by molar-refractivity contribution is 7.15. The van der Waals surface area contributed by atoms with Gasteiger partial charge < -0.3 is 0 Å². The zero-order valence-corrected chi connectivity index (χ0v) is 13.5. The Labute approximate surface area is 137 Å². The zero-order valence-electron chi connectivity index (χ0n) is 11.1. The molecule has 0 unspecified atom stereocenters. The third kappa shape index (κ3) is 2.25. The molecule has 108 valence electrons. The van der Waals surface area contributed by atoms with Gasteiger partial charge in [0.1, 0.15) is 0 Å². The van der Waals surface area contributed by atoms with Gasteiger partial charge in [-0.25, -0.2) is 4.40 Å². The first-order valence-corrected chi connectivity index (χ1v) is 8.49. The predicted octanol–water partition coefficient (Wildman–Crippen LogP) is 3.08. The van der Waals surface area contributed by atoms with Crippen molar-refractivity contribution in [1.82, 2.24) is 14.6 Å². The first-order chi connectivity index (χ1) is 10.7. The molecular weight excluding hydrogens is 338 g/mol. The lowest BCUT2D eigenvalue weighted by atomic mass is 10.2. The molecule has 0 atom stereocenters. The molecule has 0 spiro atoms. The largest absolute Gasteiger partial charge is 0.276 e. The fraction of sp³-hybridized carbons (Fsp3) is 0. The minimum absolute atomic E-state index is 0.0941. The smallest absolute Gasteiger partial charge is 0.267 e. The molecular formula is C15H8ClN3OS2. The number of aromatic nitrogens is 3. The summed E-state index contributed by atoms with van der Waals surface area (Å²) in [6, 6.07) is 11.1. The van der Waals surface area contributed by atoms with Gasteiger partial charge in [0.05, 0.1) is 4.53 Å². The van der Waals surface area contributed by atoms with Crippen LogP contribution in [0.1, 0.15) is 4.88 Å². The van der Waals surface area contributed by atoms with Crippen LogP contribution in [0.25, 0.3) is 22.4 Å². The van der Waals surface area contributed by atoms with E-state index in [1.54, 1.807) is 27.9 Å². The molecule has 0 N–H and O–H groups in total. The van der Waals surface area contributed by atoms with Crippen LogP contribution in [0.2, 0.25) is 5.02 Å². The van der Waals surface area contributed by atoms with Gasteiger partial charge in [-0.1, -0.05) is 29.0 Å². The van der Waals surface area contributed by atoms with Gasteiger partial charge >= 0.3 is 0 Å². The number of hydrogen-bond acceptors (Lipinski definition) is 5. The van der Waals surface area contributed by atoms with E-state index in [2.05, 4.69) is 10.2 Å². The van der Waals surface area contributed by atoms with Crippen LogP contribution in [0.15, 0.2) is 46.6 Å². The Balaban J connectivity index is 1.94. The number of nitrogens with zero attached hydrogens (tertiary/aromatic N) is 3. The van der Waals surface area contributed by atoms with E-state index in [0.29, 0.717) is 20.3 Å². The van der Waals surface area contributed by atoms with Gasteiger partial charge in [-0.3, -0.25) is 4.79 Å². The normalized spacial score (nSPS) is 12.3. The summed E-state index contributed by atoms with van der Waals surface area (Å²) in [5, 5.41) is 10.9. The average Bonchev–Trinajstić information content (AvgIpc) is 3.21. The molecule has 0 aliphatic heterocycles. The highest BCUT2D eigenvalue weighted by Gasteiger charge is 2.14. The highest BCUT2D eigenvalue weighted by atomic mass is 35.5. The molecule has 0 radical (unpaired) electrons. The van der Waals surface area contributed by atoms with Crippen molar-refractivity contribution in [2.24, 2.45) is 0 Å². The van der Waals surface area contributed by atoms with E-state index in [-0.39, 0.29) is 5.56 Å². The van der Waals surface area contributed by atoms with Crippen molar-refractivity contribution >= 4 is 45.3 Å². The average molecular weight is 346 g/mol. The molecule has 3 heterocycles. The first kappa shape index (κ1) is 13.6. The molecule has 0 fully saturated rings. The molecule has 0 aliphatic carbocycles. The summed E-state index contributed by atoms with van der Waals surface area (Å²) in [6.45, 7) is 0. The van der Waals surface area contributed by atoms with Crippen LogP contribution < -0.4 is 10.1 Å². The Morgan fingerprint density at radius 3 is 2.68 bits per heavy atom. The van der Waals surface area contributed by atoms with Crippen LogP contribution in [0.3, 0.4) is 0 Å². The lowest BCUT2D eigenvalue weighted by Crippen LogP contribution is -2.23. The summed E-state index contributed by atoms with van der Waals surface area (Å²) in [4.78, 5) is 14.3. The van der Waals surface area contributed by atoms with Crippen molar-refractivity contribution in [3.05, 3.63) is 66.6 Å². The summed E-state index contributed by atoms with van der Waals surface area (Å²) < 4.78 is 2.20. The van der Waals surface area contributed by atoms with E-state index in [4.69, 9.17) is 11.6 Å². The molecule has 7 heteroatoms. The Morgan fingerprint density at radius 2 is 1.95 bits per heavy atom. The fourth-order valence-electron chi connectivity index (χ4n) is 2.15. The maximum absolute atomic E-state index is 12.6. The summed E-state index contributed by atoms with van der Waals surface area (Å²) in [5.74, 6) is 0.541. The SMILES string of the molecule is O=c1c(=Cc2cccs2)sc2nnc(-c3ccc(Cl)cc3)n12. The van der Waals surface area contributed by atoms with Gasteiger partial charge in [0, 0.05) is 15.5 Å². The van der Waals surface area contributed by atoms with Crippen LogP contribution >= 0.6 is 34.3 Å². The van der Waals surface area contributed by atoms with Crippen LogP contribution in [-0.4, -0.2) is 14.6 Å². The van der Waals surface area contributed by atoms with Crippen molar-refractivity contribution in [3.8, 4) is 11.4 Å². The molecule has 0 saturated carbocycles. The minimum Gasteiger partial charge on any atom is -0.267 e. The molecule has 0 bridgehead atoms. The van der Waals surface area contributed by atoms with E-state index >= 15 is 0 Å². The number of halogens is 1. The second kappa shape index (κ2) is 5.31. The Bertz CT molecular complexity index is 1050. The van der Waals surface area contributed by atoms with E-state index in [9.17, 15) is 4.79 Å². The van der Waals surface area contributed by atoms with Crippen molar-refractivity contribution < 1.29 is 0 Å². The second-order valence-corrected chi connectivity index (χ2v) is 7.00. The number of fused-ring (bicyclic) bond motifs is 1. The lowest BCUT2D eigenvalue weighted by Gasteiger charge is -1.96. The zero-order chi connectivity index (χ0) is 15.1. The monoisotopic (exact) mass is 345 g/mol. The standard InChI is InChI=1S/C15H8ClN3OS2/c16-10-5-3-9(4-6-10)13-17-18-15-19(13)14(20)12(22-15)8-11-2-1-7-21-11/h1-8H. The maximum Gasteiger partial charge on any atom is 0.276 e. The van der Waals surface area contributed by atoms with Gasteiger partial charge in [0.25, 0.3) is 5.56 Å². The molecule has 0 amide bonds. The predicted molar refractivity (Wildman–Crippen MR) is 90.7 cm³/mol. The molecule has 3 aromatic heterocycles.